The number of hydrogen-bond acceptors (Lipinski definition) is 3. The van der Waals surface area contributed by atoms with E-state index in [9.17, 15) is 5.11 Å². The van der Waals surface area contributed by atoms with E-state index >= 15 is 0 Å². The normalized spacial score (nSPS) is 26.2. The Bertz CT molecular complexity index is 297. The standard InChI is InChI=1S/C13H21NO2/c1-14(8-11-6-7-16-10-11)9-12-4-2-3-5-13(12)15/h6-7,10,12-13,15H,2-5,8-9H2,1H3. The highest BCUT2D eigenvalue weighted by atomic mass is 16.3. The van der Waals surface area contributed by atoms with Crippen molar-refractivity contribution in [2.75, 3.05) is 13.6 Å². The third kappa shape index (κ3) is 3.09. The van der Waals surface area contributed by atoms with Crippen molar-refractivity contribution < 1.29 is 9.52 Å². The van der Waals surface area contributed by atoms with Crippen LogP contribution in [0.4, 0.5) is 0 Å². The molecule has 1 aliphatic rings. The summed E-state index contributed by atoms with van der Waals surface area (Å²) >= 11 is 0. The Kier molecular flexibility index (Phi) is 4.02. The molecule has 1 aliphatic carbocycles. The van der Waals surface area contributed by atoms with Crippen LogP contribution in [0.15, 0.2) is 23.0 Å². The van der Waals surface area contributed by atoms with Crippen LogP contribution in [-0.2, 0) is 6.54 Å². The second kappa shape index (κ2) is 5.51. The lowest BCUT2D eigenvalue weighted by Crippen LogP contribution is -2.34. The fourth-order valence-corrected chi connectivity index (χ4v) is 2.56. The zero-order chi connectivity index (χ0) is 11.4. The molecule has 0 bridgehead atoms. The number of furan rings is 1. The molecule has 0 aromatic carbocycles. The SMILES string of the molecule is CN(Cc1ccoc1)CC1CCCCC1O. The predicted molar refractivity (Wildman–Crippen MR) is 63.0 cm³/mol. The molecule has 1 aromatic rings. The maximum absolute atomic E-state index is 9.90. The molecule has 0 amide bonds. The van der Waals surface area contributed by atoms with Crippen molar-refractivity contribution in [1.29, 1.82) is 0 Å². The molecule has 3 heteroatoms. The number of rotatable bonds is 4. The maximum atomic E-state index is 9.90. The summed E-state index contributed by atoms with van der Waals surface area (Å²) in [5, 5.41) is 9.90. The Morgan fingerprint density at radius 2 is 2.25 bits per heavy atom. The van der Waals surface area contributed by atoms with E-state index < -0.39 is 0 Å². The van der Waals surface area contributed by atoms with Gasteiger partial charge in [-0.25, -0.2) is 0 Å². The van der Waals surface area contributed by atoms with Crippen molar-refractivity contribution >= 4 is 0 Å². The van der Waals surface area contributed by atoms with Crippen LogP contribution in [0.3, 0.4) is 0 Å². The fourth-order valence-electron chi connectivity index (χ4n) is 2.56. The second-order valence-corrected chi connectivity index (χ2v) is 4.94. The van der Waals surface area contributed by atoms with Gasteiger partial charge in [0.2, 0.25) is 0 Å². The van der Waals surface area contributed by atoms with Crippen molar-refractivity contribution in [2.45, 2.75) is 38.3 Å². The van der Waals surface area contributed by atoms with Crippen LogP contribution in [0.1, 0.15) is 31.2 Å². The summed E-state index contributed by atoms with van der Waals surface area (Å²) in [6, 6.07) is 1.99. The first-order valence-corrected chi connectivity index (χ1v) is 6.13. The van der Waals surface area contributed by atoms with Gasteiger partial charge in [-0.3, -0.25) is 0 Å². The van der Waals surface area contributed by atoms with E-state index in [1.165, 1.54) is 18.4 Å². The van der Waals surface area contributed by atoms with Gasteiger partial charge in [-0.05, 0) is 31.9 Å². The molecule has 2 unspecified atom stereocenters. The first-order valence-electron chi connectivity index (χ1n) is 6.13. The predicted octanol–water partition coefficient (Wildman–Crippen LogP) is 2.26. The van der Waals surface area contributed by atoms with Crippen molar-refractivity contribution in [2.24, 2.45) is 5.92 Å². The van der Waals surface area contributed by atoms with E-state index in [4.69, 9.17) is 4.42 Å². The molecule has 1 N–H and O–H groups in total. The minimum Gasteiger partial charge on any atom is -0.472 e. The summed E-state index contributed by atoms with van der Waals surface area (Å²) in [5.41, 5.74) is 1.20. The van der Waals surface area contributed by atoms with E-state index in [1.807, 2.05) is 6.07 Å². The van der Waals surface area contributed by atoms with E-state index in [0.717, 1.165) is 25.9 Å². The molecule has 1 heterocycles. The maximum Gasteiger partial charge on any atom is 0.0947 e. The van der Waals surface area contributed by atoms with Gasteiger partial charge in [0.25, 0.3) is 0 Å². The molecule has 3 nitrogen and oxygen atoms in total. The summed E-state index contributed by atoms with van der Waals surface area (Å²) in [4.78, 5) is 2.27. The van der Waals surface area contributed by atoms with Crippen molar-refractivity contribution in [3.8, 4) is 0 Å². The molecule has 0 radical (unpaired) electrons. The molecule has 1 fully saturated rings. The first-order chi connectivity index (χ1) is 7.75. The van der Waals surface area contributed by atoms with E-state index in [2.05, 4.69) is 11.9 Å². The third-order valence-corrected chi connectivity index (χ3v) is 3.45. The Morgan fingerprint density at radius 1 is 1.44 bits per heavy atom. The number of nitrogens with zero attached hydrogens (tertiary/aromatic N) is 1. The molecule has 0 aliphatic heterocycles. The summed E-state index contributed by atoms with van der Waals surface area (Å²) in [6.45, 7) is 1.88. The Morgan fingerprint density at radius 3 is 2.94 bits per heavy atom. The average molecular weight is 223 g/mol. The van der Waals surface area contributed by atoms with Crippen molar-refractivity contribution in [3.05, 3.63) is 24.2 Å². The molecular formula is C13H21NO2. The van der Waals surface area contributed by atoms with Crippen LogP contribution in [0, 0.1) is 5.92 Å². The van der Waals surface area contributed by atoms with Crippen LogP contribution >= 0.6 is 0 Å². The van der Waals surface area contributed by atoms with Gasteiger partial charge >= 0.3 is 0 Å². The van der Waals surface area contributed by atoms with Gasteiger partial charge in [-0.1, -0.05) is 12.8 Å². The highest BCUT2D eigenvalue weighted by Gasteiger charge is 2.23. The summed E-state index contributed by atoms with van der Waals surface area (Å²) in [5.74, 6) is 0.450. The van der Waals surface area contributed by atoms with Crippen LogP contribution in [0.25, 0.3) is 0 Å². The molecule has 90 valence electrons. The molecular weight excluding hydrogens is 202 g/mol. The lowest BCUT2D eigenvalue weighted by atomic mass is 9.86. The Labute approximate surface area is 97.1 Å². The van der Waals surface area contributed by atoms with E-state index in [0.29, 0.717) is 5.92 Å². The van der Waals surface area contributed by atoms with Gasteiger partial charge in [-0.15, -0.1) is 0 Å². The highest BCUT2D eigenvalue weighted by molar-refractivity contribution is 5.04. The van der Waals surface area contributed by atoms with Crippen molar-refractivity contribution in [3.63, 3.8) is 0 Å². The largest absolute Gasteiger partial charge is 0.472 e. The van der Waals surface area contributed by atoms with Crippen LogP contribution in [-0.4, -0.2) is 29.7 Å². The monoisotopic (exact) mass is 223 g/mol. The van der Waals surface area contributed by atoms with Gasteiger partial charge < -0.3 is 14.4 Å². The quantitative estimate of drug-likeness (QED) is 0.850. The Balaban J connectivity index is 1.79. The number of aliphatic hydroxyl groups is 1. The lowest BCUT2D eigenvalue weighted by molar-refractivity contribution is 0.0501. The van der Waals surface area contributed by atoms with E-state index in [-0.39, 0.29) is 6.10 Å². The minimum absolute atomic E-state index is 0.0967. The van der Waals surface area contributed by atoms with Gasteiger partial charge in [0.15, 0.2) is 0 Å². The highest BCUT2D eigenvalue weighted by Crippen LogP contribution is 2.25. The molecule has 1 saturated carbocycles. The Hall–Kier alpha value is -0.800. The second-order valence-electron chi connectivity index (χ2n) is 4.94. The first kappa shape index (κ1) is 11.7. The third-order valence-electron chi connectivity index (χ3n) is 3.45. The zero-order valence-electron chi connectivity index (χ0n) is 9.93. The molecule has 16 heavy (non-hydrogen) atoms. The fraction of sp³-hybridized carbons (Fsp3) is 0.692. The van der Waals surface area contributed by atoms with Crippen molar-refractivity contribution in [1.82, 2.24) is 4.90 Å². The summed E-state index contributed by atoms with van der Waals surface area (Å²) < 4.78 is 5.05. The minimum atomic E-state index is -0.0967. The summed E-state index contributed by atoms with van der Waals surface area (Å²) in [7, 11) is 2.11. The van der Waals surface area contributed by atoms with Gasteiger partial charge in [0.05, 0.1) is 18.6 Å². The molecule has 1 aromatic heterocycles. The van der Waals surface area contributed by atoms with E-state index in [1.54, 1.807) is 12.5 Å². The van der Waals surface area contributed by atoms with Gasteiger partial charge in [0, 0.05) is 18.7 Å². The molecule has 0 saturated heterocycles. The van der Waals surface area contributed by atoms with Crippen LogP contribution in [0.2, 0.25) is 0 Å². The molecule has 0 spiro atoms. The summed E-state index contributed by atoms with van der Waals surface area (Å²) in [6.07, 6.45) is 7.98. The lowest BCUT2D eigenvalue weighted by Gasteiger charge is -2.31. The molecule has 2 rings (SSSR count). The topological polar surface area (TPSA) is 36.6 Å². The number of hydrogen-bond donors (Lipinski definition) is 1. The zero-order valence-corrected chi connectivity index (χ0v) is 9.93. The molecule has 2 atom stereocenters. The average Bonchev–Trinajstić information content (AvgIpc) is 2.74. The number of aliphatic hydroxyl groups excluding tert-OH is 1. The van der Waals surface area contributed by atoms with Crippen LogP contribution < -0.4 is 0 Å². The van der Waals surface area contributed by atoms with Crippen LogP contribution in [0.5, 0.6) is 0 Å². The van der Waals surface area contributed by atoms with Gasteiger partial charge in [0.1, 0.15) is 0 Å². The smallest absolute Gasteiger partial charge is 0.0947 e. The van der Waals surface area contributed by atoms with Gasteiger partial charge in [-0.2, -0.15) is 0 Å².